The highest BCUT2D eigenvalue weighted by molar-refractivity contribution is 5.96. The summed E-state index contributed by atoms with van der Waals surface area (Å²) in [6.45, 7) is 5.48. The van der Waals surface area contributed by atoms with E-state index in [4.69, 9.17) is 9.72 Å². The van der Waals surface area contributed by atoms with Gasteiger partial charge in [-0.05, 0) is 78.6 Å². The summed E-state index contributed by atoms with van der Waals surface area (Å²) in [4.78, 5) is 4.73. The molecular weight excluding hydrogens is 313 g/mol. The summed E-state index contributed by atoms with van der Waals surface area (Å²) in [7, 11) is 0. The van der Waals surface area contributed by atoms with Crippen molar-refractivity contribution in [3.8, 4) is 11.1 Å². The van der Waals surface area contributed by atoms with E-state index in [1.807, 2.05) is 25.3 Å². The van der Waals surface area contributed by atoms with E-state index in [-0.39, 0.29) is 5.82 Å². The van der Waals surface area contributed by atoms with Crippen LogP contribution in [0.4, 0.5) is 4.39 Å². The SMILES string of the molecule is Cc1ccc2c(-c3ccc(F)c(C)c3)c(C3CCOCC3)cnc2c1. The van der Waals surface area contributed by atoms with Gasteiger partial charge in [-0.1, -0.05) is 18.2 Å². The van der Waals surface area contributed by atoms with Crippen molar-refractivity contribution < 1.29 is 9.13 Å². The number of hydrogen-bond donors (Lipinski definition) is 0. The number of pyridine rings is 1. The van der Waals surface area contributed by atoms with Crippen molar-refractivity contribution in [3.05, 3.63) is 65.1 Å². The van der Waals surface area contributed by atoms with Gasteiger partial charge in [-0.15, -0.1) is 0 Å². The van der Waals surface area contributed by atoms with E-state index in [0.29, 0.717) is 11.5 Å². The van der Waals surface area contributed by atoms with Gasteiger partial charge < -0.3 is 4.74 Å². The molecular formula is C22H22FNO. The first-order chi connectivity index (χ1) is 12.1. The molecule has 3 heteroatoms. The van der Waals surface area contributed by atoms with Crippen molar-refractivity contribution >= 4 is 10.9 Å². The molecule has 3 aromatic rings. The summed E-state index contributed by atoms with van der Waals surface area (Å²) in [5.74, 6) is 0.276. The molecule has 0 N–H and O–H groups in total. The molecule has 1 fully saturated rings. The second kappa shape index (κ2) is 6.57. The maximum absolute atomic E-state index is 13.8. The van der Waals surface area contributed by atoms with E-state index in [1.165, 1.54) is 16.7 Å². The van der Waals surface area contributed by atoms with E-state index < -0.39 is 0 Å². The van der Waals surface area contributed by atoms with Crippen molar-refractivity contribution in [2.45, 2.75) is 32.6 Å². The molecule has 0 saturated carbocycles. The topological polar surface area (TPSA) is 22.1 Å². The lowest BCUT2D eigenvalue weighted by Gasteiger charge is -2.25. The van der Waals surface area contributed by atoms with E-state index in [2.05, 4.69) is 25.1 Å². The average molecular weight is 335 g/mol. The molecule has 1 aliphatic rings. The third-order valence-electron chi connectivity index (χ3n) is 5.16. The zero-order valence-corrected chi connectivity index (χ0v) is 14.7. The van der Waals surface area contributed by atoms with Crippen molar-refractivity contribution in [1.82, 2.24) is 4.98 Å². The Morgan fingerprint density at radius 1 is 1.04 bits per heavy atom. The monoisotopic (exact) mass is 335 g/mol. The van der Waals surface area contributed by atoms with Crippen LogP contribution in [0.2, 0.25) is 0 Å². The number of hydrogen-bond acceptors (Lipinski definition) is 2. The lowest BCUT2D eigenvalue weighted by Crippen LogP contribution is -2.15. The highest BCUT2D eigenvalue weighted by Crippen LogP contribution is 2.39. The molecule has 0 spiro atoms. The normalized spacial score (nSPS) is 15.6. The van der Waals surface area contributed by atoms with Crippen LogP contribution in [0, 0.1) is 19.7 Å². The van der Waals surface area contributed by atoms with Crippen LogP contribution in [-0.2, 0) is 4.74 Å². The zero-order valence-electron chi connectivity index (χ0n) is 14.7. The summed E-state index contributed by atoms with van der Waals surface area (Å²) in [5, 5.41) is 1.14. The smallest absolute Gasteiger partial charge is 0.126 e. The first-order valence-electron chi connectivity index (χ1n) is 8.87. The van der Waals surface area contributed by atoms with Gasteiger partial charge in [0.2, 0.25) is 0 Å². The molecule has 2 heterocycles. The number of benzene rings is 2. The van der Waals surface area contributed by atoms with Crippen LogP contribution in [0.1, 0.15) is 35.4 Å². The van der Waals surface area contributed by atoms with Crippen molar-refractivity contribution in [3.63, 3.8) is 0 Å². The maximum atomic E-state index is 13.8. The quantitative estimate of drug-likeness (QED) is 0.612. The van der Waals surface area contributed by atoms with Crippen molar-refractivity contribution in [2.75, 3.05) is 13.2 Å². The average Bonchev–Trinajstić information content (AvgIpc) is 2.63. The second-order valence-electron chi connectivity index (χ2n) is 6.96. The first-order valence-corrected chi connectivity index (χ1v) is 8.87. The van der Waals surface area contributed by atoms with Crippen molar-refractivity contribution in [1.29, 1.82) is 0 Å². The van der Waals surface area contributed by atoms with E-state index >= 15 is 0 Å². The molecule has 128 valence electrons. The van der Waals surface area contributed by atoms with Crippen LogP contribution < -0.4 is 0 Å². The summed E-state index contributed by atoms with van der Waals surface area (Å²) in [5.41, 5.74) is 6.38. The molecule has 1 aliphatic heterocycles. The predicted molar refractivity (Wildman–Crippen MR) is 99.4 cm³/mol. The van der Waals surface area contributed by atoms with Gasteiger partial charge in [-0.25, -0.2) is 4.39 Å². The van der Waals surface area contributed by atoms with Crippen molar-refractivity contribution in [2.24, 2.45) is 0 Å². The number of ether oxygens (including phenoxy) is 1. The lowest BCUT2D eigenvalue weighted by molar-refractivity contribution is 0.0854. The molecule has 25 heavy (non-hydrogen) atoms. The minimum atomic E-state index is -0.162. The van der Waals surface area contributed by atoms with Gasteiger partial charge in [0.25, 0.3) is 0 Å². The minimum Gasteiger partial charge on any atom is -0.381 e. The van der Waals surface area contributed by atoms with Gasteiger partial charge in [-0.2, -0.15) is 0 Å². The summed E-state index contributed by atoms with van der Waals surface area (Å²) >= 11 is 0. The van der Waals surface area contributed by atoms with Crippen LogP contribution in [0.5, 0.6) is 0 Å². The first kappa shape index (κ1) is 16.2. The summed E-state index contributed by atoms with van der Waals surface area (Å²) in [6, 6.07) is 11.8. The number of nitrogens with zero attached hydrogens (tertiary/aromatic N) is 1. The lowest BCUT2D eigenvalue weighted by atomic mass is 9.85. The Bertz CT molecular complexity index is 929. The Labute approximate surface area is 147 Å². The van der Waals surface area contributed by atoms with E-state index in [9.17, 15) is 4.39 Å². The molecule has 1 saturated heterocycles. The highest BCUT2D eigenvalue weighted by atomic mass is 19.1. The molecule has 0 radical (unpaired) electrons. The largest absolute Gasteiger partial charge is 0.381 e. The number of aromatic nitrogens is 1. The molecule has 4 rings (SSSR count). The van der Waals surface area contributed by atoms with Gasteiger partial charge in [0.15, 0.2) is 0 Å². The van der Waals surface area contributed by atoms with Crippen LogP contribution >= 0.6 is 0 Å². The van der Waals surface area contributed by atoms with Crippen LogP contribution in [0.25, 0.3) is 22.0 Å². The molecule has 0 amide bonds. The fourth-order valence-corrected chi connectivity index (χ4v) is 3.76. The highest BCUT2D eigenvalue weighted by Gasteiger charge is 2.22. The van der Waals surface area contributed by atoms with Gasteiger partial charge in [0, 0.05) is 24.8 Å². The van der Waals surface area contributed by atoms with Crippen LogP contribution in [-0.4, -0.2) is 18.2 Å². The maximum Gasteiger partial charge on any atom is 0.126 e. The molecule has 0 unspecified atom stereocenters. The fraction of sp³-hybridized carbons (Fsp3) is 0.318. The summed E-state index contributed by atoms with van der Waals surface area (Å²) in [6.07, 6.45) is 4.03. The Hall–Kier alpha value is -2.26. The number of rotatable bonds is 2. The van der Waals surface area contributed by atoms with E-state index in [0.717, 1.165) is 42.5 Å². The standard InChI is InChI=1S/C22H22FNO/c1-14-3-5-18-21(11-14)24-13-19(16-7-9-25-10-8-16)22(18)17-4-6-20(23)15(2)12-17/h3-6,11-13,16H,7-10H2,1-2H3. The number of fused-ring (bicyclic) bond motifs is 1. The van der Waals surface area contributed by atoms with Crippen LogP contribution in [0.3, 0.4) is 0 Å². The Morgan fingerprint density at radius 3 is 2.60 bits per heavy atom. The van der Waals surface area contributed by atoms with E-state index in [1.54, 1.807) is 6.07 Å². The van der Waals surface area contributed by atoms with Gasteiger partial charge in [0.1, 0.15) is 5.82 Å². The molecule has 0 aliphatic carbocycles. The Balaban J connectivity index is 1.97. The molecule has 0 atom stereocenters. The molecule has 1 aromatic heterocycles. The predicted octanol–water partition coefficient (Wildman–Crippen LogP) is 5.55. The van der Waals surface area contributed by atoms with Gasteiger partial charge in [-0.3, -0.25) is 4.98 Å². The Kier molecular flexibility index (Phi) is 4.26. The summed E-state index contributed by atoms with van der Waals surface area (Å²) < 4.78 is 19.3. The molecule has 2 nitrogen and oxygen atoms in total. The number of aryl methyl sites for hydroxylation is 2. The minimum absolute atomic E-state index is 0.162. The van der Waals surface area contributed by atoms with Gasteiger partial charge in [0.05, 0.1) is 5.52 Å². The fourth-order valence-electron chi connectivity index (χ4n) is 3.76. The molecule has 0 bridgehead atoms. The third kappa shape index (κ3) is 3.05. The Morgan fingerprint density at radius 2 is 1.84 bits per heavy atom. The number of halogens is 1. The zero-order chi connectivity index (χ0) is 17.4. The van der Waals surface area contributed by atoms with Crippen LogP contribution in [0.15, 0.2) is 42.6 Å². The van der Waals surface area contributed by atoms with Gasteiger partial charge >= 0.3 is 0 Å². The third-order valence-corrected chi connectivity index (χ3v) is 5.16. The molecule has 2 aromatic carbocycles. The second-order valence-corrected chi connectivity index (χ2v) is 6.96.